The number of fused-ring (bicyclic) bond motifs is 1. The summed E-state index contributed by atoms with van der Waals surface area (Å²) in [6.07, 6.45) is 4.04. The lowest BCUT2D eigenvalue weighted by atomic mass is 9.99. The summed E-state index contributed by atoms with van der Waals surface area (Å²) in [5, 5.41) is 21.1. The molecular weight excluding hydrogens is 983 g/mol. The van der Waals surface area contributed by atoms with Crippen LogP contribution >= 0.6 is 11.8 Å². The van der Waals surface area contributed by atoms with Crippen molar-refractivity contribution in [2.75, 3.05) is 18.6 Å². The lowest BCUT2D eigenvalue weighted by molar-refractivity contribution is -0.137. The van der Waals surface area contributed by atoms with Crippen molar-refractivity contribution in [2.45, 2.75) is 122 Å². The van der Waals surface area contributed by atoms with Crippen molar-refractivity contribution in [3.05, 3.63) is 54.2 Å². The predicted molar refractivity (Wildman–Crippen MR) is 273 cm³/mol. The second-order valence-electron chi connectivity index (χ2n) is 18.5. The molecule has 0 aliphatic heterocycles. The SMILES string of the molecule is CSCC[C@H](C(N)=O)C(=O)N[C@H](CC(C)C)C(=O)N[C@H](Cc1cnc[nH]1)C(=O)NCC(=O)N[C@@H](C(=O)N[C@H](C)C(=O)N[C@H](Cc1c[nH]c2ccccc12)C(=O)N[C@H](CCC(N)=O)C(=O)N[C@@H](N)CC(N)=O)C(C)C. The fraction of sp³-hybridized carbons (Fsp3) is 0.532. The molecule has 0 saturated heterocycles. The Morgan fingerprint density at radius 3 is 1.89 bits per heavy atom. The highest BCUT2D eigenvalue weighted by Crippen LogP contribution is 2.20. The Balaban J connectivity index is 1.75. The predicted octanol–water partition coefficient (Wildman–Crippen LogP) is -3.18. The Labute approximate surface area is 432 Å². The summed E-state index contributed by atoms with van der Waals surface area (Å²) in [5.74, 6) is -10.3. The smallest absolute Gasteiger partial charge is 0.243 e. The van der Waals surface area contributed by atoms with Crippen molar-refractivity contribution >= 4 is 87.6 Å². The van der Waals surface area contributed by atoms with Crippen LogP contribution in [0.15, 0.2) is 43.0 Å². The van der Waals surface area contributed by atoms with Crippen LogP contribution in [0.1, 0.15) is 78.0 Å². The van der Waals surface area contributed by atoms with Gasteiger partial charge in [-0.25, -0.2) is 4.98 Å². The number of hydrogen-bond acceptors (Lipinski definition) is 14. The van der Waals surface area contributed by atoms with Gasteiger partial charge in [0.05, 0.1) is 25.5 Å². The van der Waals surface area contributed by atoms with Gasteiger partial charge in [-0.05, 0) is 61.7 Å². The highest BCUT2D eigenvalue weighted by molar-refractivity contribution is 7.98. The van der Waals surface area contributed by atoms with Gasteiger partial charge in [-0.15, -0.1) is 0 Å². The molecule has 3 rings (SSSR count). The monoisotopic (exact) mass is 1050 g/mol. The molecule has 0 aliphatic carbocycles. The van der Waals surface area contributed by atoms with E-state index in [-0.39, 0.29) is 44.4 Å². The number of aromatic amines is 2. The zero-order chi connectivity index (χ0) is 55.2. The van der Waals surface area contributed by atoms with Crippen LogP contribution in [-0.2, 0) is 65.6 Å². The molecule has 1 aromatic carbocycles. The summed E-state index contributed by atoms with van der Waals surface area (Å²) in [4.78, 5) is 154. The first-order valence-corrected chi connectivity index (χ1v) is 25.3. The van der Waals surface area contributed by atoms with E-state index in [9.17, 15) is 52.7 Å². The van der Waals surface area contributed by atoms with E-state index in [0.29, 0.717) is 17.0 Å². The topological polar surface area (TPSA) is 433 Å². The standard InChI is InChI=1S/C47H71N15O11S/c1-23(2)15-32(59-42(68)29(40(51)66)13-14-74-6)45(71)60-34(17-27-20-52-22-55-27)43(69)54-21-38(65)62-39(24(3)4)47(73)56-25(5)41(67)58-33(16-26-19-53-30-10-8-7-9-28(26)30)46(72)57-31(11-12-36(49)63)44(70)61-35(48)18-37(50)64/h7-10,19-20,22-25,29,31-35,39,53H,11-18,21,48H2,1-6H3,(H2,49,63)(H2,50,64)(H2,51,66)(H,52,55)(H,54,69)(H,56,73)(H,57,72)(H,58,67)(H,59,68)(H,60,71)(H,61,70)(H,62,65)/t25-,29-,31-,32-,33-,34-,35-,39-/m1/s1. The molecule has 2 aromatic heterocycles. The lowest BCUT2D eigenvalue weighted by Gasteiger charge is -2.27. The van der Waals surface area contributed by atoms with Crippen molar-refractivity contribution in [3.8, 4) is 0 Å². The molecule has 0 unspecified atom stereocenters. The number of carbonyl (C=O) groups is 11. The third kappa shape index (κ3) is 20.2. The average molecular weight is 1050 g/mol. The third-order valence-electron chi connectivity index (χ3n) is 11.5. The van der Waals surface area contributed by atoms with Gasteiger partial charge in [0.25, 0.3) is 0 Å². The number of rotatable bonds is 32. The molecule has 11 amide bonds. The molecule has 0 bridgehead atoms. The summed E-state index contributed by atoms with van der Waals surface area (Å²) in [5.41, 5.74) is 23.6. The van der Waals surface area contributed by atoms with Crippen molar-refractivity contribution in [1.29, 1.82) is 0 Å². The number of thioether (sulfide) groups is 1. The number of nitrogens with one attached hydrogen (secondary N) is 10. The first-order chi connectivity index (χ1) is 34.9. The molecule has 0 aliphatic rings. The lowest BCUT2D eigenvalue weighted by Crippen LogP contribution is -2.59. The molecule has 18 N–H and O–H groups in total. The first kappa shape index (κ1) is 60.8. The van der Waals surface area contributed by atoms with Crippen LogP contribution in [0.4, 0.5) is 0 Å². The number of carbonyl (C=O) groups excluding carboxylic acids is 11. The number of nitrogens with two attached hydrogens (primary N) is 4. The molecule has 0 fully saturated rings. The number of nitrogens with zero attached hydrogens (tertiary/aromatic N) is 1. The minimum Gasteiger partial charge on any atom is -0.370 e. The maximum Gasteiger partial charge on any atom is 0.243 e. The molecular formula is C47H71N15O11S. The minimum atomic E-state index is -1.41. The number of aromatic nitrogens is 3. The molecule has 3 aromatic rings. The summed E-state index contributed by atoms with van der Waals surface area (Å²) in [6.45, 7) is 7.55. The largest absolute Gasteiger partial charge is 0.370 e. The van der Waals surface area contributed by atoms with Crippen LogP contribution in [0, 0.1) is 17.8 Å². The van der Waals surface area contributed by atoms with Crippen molar-refractivity contribution in [2.24, 2.45) is 40.7 Å². The second-order valence-corrected chi connectivity index (χ2v) is 19.5. The number of para-hydroxylation sites is 1. The van der Waals surface area contributed by atoms with E-state index in [4.69, 9.17) is 22.9 Å². The van der Waals surface area contributed by atoms with E-state index in [1.54, 1.807) is 50.6 Å². The van der Waals surface area contributed by atoms with Gasteiger partial charge >= 0.3 is 0 Å². The number of H-pyrrole nitrogens is 2. The van der Waals surface area contributed by atoms with Crippen LogP contribution in [-0.4, -0.2) is 141 Å². The molecule has 2 heterocycles. The molecule has 0 spiro atoms. The zero-order valence-electron chi connectivity index (χ0n) is 42.3. The van der Waals surface area contributed by atoms with Gasteiger partial charge in [0, 0.05) is 48.3 Å². The summed E-state index contributed by atoms with van der Waals surface area (Å²) >= 11 is 1.42. The Hall–Kier alpha value is -7.55. The Kier molecular flexibility index (Phi) is 24.5. The summed E-state index contributed by atoms with van der Waals surface area (Å²) in [6, 6.07) is -0.692. The number of hydrogen-bond donors (Lipinski definition) is 14. The third-order valence-corrected chi connectivity index (χ3v) is 12.1. The van der Waals surface area contributed by atoms with Gasteiger partial charge in [-0.3, -0.25) is 52.7 Å². The van der Waals surface area contributed by atoms with Gasteiger partial charge in [0.2, 0.25) is 65.0 Å². The zero-order valence-corrected chi connectivity index (χ0v) is 43.2. The molecule has 26 nitrogen and oxygen atoms in total. The Morgan fingerprint density at radius 1 is 0.662 bits per heavy atom. The van der Waals surface area contributed by atoms with E-state index in [2.05, 4.69) is 57.5 Å². The van der Waals surface area contributed by atoms with E-state index < -0.39 is 132 Å². The van der Waals surface area contributed by atoms with E-state index in [0.717, 1.165) is 10.9 Å². The minimum absolute atomic E-state index is 0.111. The Morgan fingerprint density at radius 2 is 1.28 bits per heavy atom. The quantitative estimate of drug-likeness (QED) is 0.0217. The fourth-order valence-electron chi connectivity index (χ4n) is 7.54. The molecule has 0 radical (unpaired) electrons. The number of imidazole rings is 1. The Bertz CT molecular complexity index is 2450. The highest BCUT2D eigenvalue weighted by Gasteiger charge is 2.34. The summed E-state index contributed by atoms with van der Waals surface area (Å²) < 4.78 is 0. The van der Waals surface area contributed by atoms with Crippen LogP contribution in [0.2, 0.25) is 0 Å². The van der Waals surface area contributed by atoms with E-state index >= 15 is 0 Å². The first-order valence-electron chi connectivity index (χ1n) is 23.9. The summed E-state index contributed by atoms with van der Waals surface area (Å²) in [7, 11) is 0. The van der Waals surface area contributed by atoms with Crippen molar-refractivity contribution < 1.29 is 52.7 Å². The van der Waals surface area contributed by atoms with Crippen LogP contribution < -0.4 is 65.5 Å². The number of primary amides is 3. The van der Waals surface area contributed by atoms with Crippen LogP contribution in [0.5, 0.6) is 0 Å². The van der Waals surface area contributed by atoms with Crippen molar-refractivity contribution in [1.82, 2.24) is 57.5 Å². The normalized spacial score (nSPS) is 14.4. The molecule has 0 saturated carbocycles. The van der Waals surface area contributed by atoms with Gasteiger partial charge in [-0.1, -0.05) is 45.9 Å². The number of benzene rings is 1. The average Bonchev–Trinajstić information content (AvgIpc) is 3.99. The molecule has 27 heteroatoms. The molecule has 8 atom stereocenters. The fourth-order valence-corrected chi connectivity index (χ4v) is 8.01. The second kappa shape index (κ2) is 29.8. The number of amides is 11. The van der Waals surface area contributed by atoms with Crippen molar-refractivity contribution in [3.63, 3.8) is 0 Å². The van der Waals surface area contributed by atoms with E-state index in [1.165, 1.54) is 31.2 Å². The van der Waals surface area contributed by atoms with Gasteiger partial charge in [-0.2, -0.15) is 11.8 Å². The highest BCUT2D eigenvalue weighted by atomic mass is 32.2. The molecule has 406 valence electrons. The maximum atomic E-state index is 14.0. The van der Waals surface area contributed by atoms with E-state index in [1.807, 2.05) is 13.8 Å². The molecule has 74 heavy (non-hydrogen) atoms. The van der Waals surface area contributed by atoms with Gasteiger partial charge in [0.1, 0.15) is 42.2 Å². The van der Waals surface area contributed by atoms with Crippen LogP contribution in [0.25, 0.3) is 10.9 Å². The van der Waals surface area contributed by atoms with Gasteiger partial charge < -0.3 is 75.4 Å². The maximum absolute atomic E-state index is 14.0. The van der Waals surface area contributed by atoms with Gasteiger partial charge in [0.15, 0.2) is 0 Å². The van der Waals surface area contributed by atoms with Crippen LogP contribution in [0.3, 0.4) is 0 Å².